The van der Waals surface area contributed by atoms with Crippen molar-refractivity contribution >= 4 is 34.4 Å². The molecule has 1 fully saturated rings. The summed E-state index contributed by atoms with van der Waals surface area (Å²) in [6, 6.07) is 16.4. The predicted molar refractivity (Wildman–Crippen MR) is 112 cm³/mol. The van der Waals surface area contributed by atoms with Crippen molar-refractivity contribution in [2.24, 2.45) is 0 Å². The van der Waals surface area contributed by atoms with E-state index >= 15 is 0 Å². The van der Waals surface area contributed by atoms with Crippen LogP contribution in [-0.4, -0.2) is 59.9 Å². The number of piperazine rings is 1. The number of fused-ring (bicyclic) bond motifs is 1. The molecular formula is C22H22ClN3O3. The number of nitrogens with zero attached hydrogens (tertiary/aromatic N) is 2. The van der Waals surface area contributed by atoms with E-state index in [1.54, 1.807) is 12.1 Å². The van der Waals surface area contributed by atoms with E-state index < -0.39 is 6.04 Å². The fourth-order valence-corrected chi connectivity index (χ4v) is 3.92. The molecule has 3 aromatic rings. The smallest absolute Gasteiger partial charge is 0.327 e. The van der Waals surface area contributed by atoms with Crippen LogP contribution >= 0.6 is 11.6 Å². The highest BCUT2D eigenvalue weighted by atomic mass is 35.5. The van der Waals surface area contributed by atoms with Gasteiger partial charge in [-0.15, -0.1) is 0 Å². The molecule has 1 saturated heterocycles. The van der Waals surface area contributed by atoms with Gasteiger partial charge < -0.3 is 14.6 Å². The quantitative estimate of drug-likeness (QED) is 0.667. The van der Waals surface area contributed by atoms with Crippen molar-refractivity contribution in [3.63, 3.8) is 0 Å². The average molecular weight is 412 g/mol. The van der Waals surface area contributed by atoms with E-state index in [4.69, 9.17) is 16.3 Å². The van der Waals surface area contributed by atoms with E-state index in [2.05, 4.69) is 4.98 Å². The lowest BCUT2D eigenvalue weighted by molar-refractivity contribution is -0.148. The molecule has 0 saturated carbocycles. The van der Waals surface area contributed by atoms with Gasteiger partial charge in [0.25, 0.3) is 5.91 Å². The SMILES string of the molecule is COC(=O)C(c1ccc(Cl)cc1)N1CCN(C(=O)c2cc3ccccc3[nH]2)CC1. The van der Waals surface area contributed by atoms with Crippen molar-refractivity contribution in [3.05, 3.63) is 70.9 Å². The summed E-state index contributed by atoms with van der Waals surface area (Å²) in [6.07, 6.45) is 0. The van der Waals surface area contributed by atoms with Gasteiger partial charge in [0, 0.05) is 42.1 Å². The third-order valence-corrected chi connectivity index (χ3v) is 5.59. The molecule has 0 bridgehead atoms. The minimum Gasteiger partial charge on any atom is -0.468 e. The number of para-hydroxylation sites is 1. The molecule has 1 atom stereocenters. The summed E-state index contributed by atoms with van der Waals surface area (Å²) in [7, 11) is 1.39. The first-order valence-corrected chi connectivity index (χ1v) is 9.89. The van der Waals surface area contributed by atoms with E-state index in [0.29, 0.717) is 36.9 Å². The number of esters is 1. The third kappa shape index (κ3) is 3.99. The Morgan fingerprint density at radius 1 is 1.03 bits per heavy atom. The molecule has 4 rings (SSSR count). The molecule has 1 aromatic heterocycles. The molecule has 1 unspecified atom stereocenters. The molecule has 7 heteroatoms. The lowest BCUT2D eigenvalue weighted by Crippen LogP contribution is -2.51. The van der Waals surface area contributed by atoms with Crippen LogP contribution in [0.2, 0.25) is 5.02 Å². The number of hydrogen-bond acceptors (Lipinski definition) is 4. The summed E-state index contributed by atoms with van der Waals surface area (Å²) in [5, 5.41) is 1.63. The molecule has 0 aliphatic carbocycles. The van der Waals surface area contributed by atoms with E-state index in [0.717, 1.165) is 16.5 Å². The Morgan fingerprint density at radius 2 is 1.72 bits per heavy atom. The Bertz CT molecular complexity index is 990. The Balaban J connectivity index is 1.47. The minimum atomic E-state index is -0.511. The second kappa shape index (κ2) is 8.27. The van der Waals surface area contributed by atoms with Crippen molar-refractivity contribution in [1.82, 2.24) is 14.8 Å². The van der Waals surface area contributed by atoms with Gasteiger partial charge in [0.1, 0.15) is 11.7 Å². The Labute approximate surface area is 174 Å². The Kier molecular flexibility index (Phi) is 5.56. The van der Waals surface area contributed by atoms with Gasteiger partial charge in [-0.2, -0.15) is 0 Å². The second-order valence-corrected chi connectivity index (χ2v) is 7.51. The summed E-state index contributed by atoms with van der Waals surface area (Å²) in [5.74, 6) is -0.343. The van der Waals surface area contributed by atoms with Gasteiger partial charge in [-0.05, 0) is 29.8 Å². The molecule has 0 spiro atoms. The van der Waals surface area contributed by atoms with Crippen LogP contribution in [0.3, 0.4) is 0 Å². The van der Waals surface area contributed by atoms with Gasteiger partial charge in [0.2, 0.25) is 0 Å². The third-order valence-electron chi connectivity index (χ3n) is 5.34. The van der Waals surface area contributed by atoms with E-state index in [-0.39, 0.29) is 11.9 Å². The van der Waals surface area contributed by atoms with Gasteiger partial charge >= 0.3 is 5.97 Å². The van der Waals surface area contributed by atoms with E-state index in [1.807, 2.05) is 52.3 Å². The van der Waals surface area contributed by atoms with Crippen LogP contribution in [0.15, 0.2) is 54.6 Å². The lowest BCUT2D eigenvalue weighted by atomic mass is 10.0. The van der Waals surface area contributed by atoms with Gasteiger partial charge in [-0.3, -0.25) is 9.69 Å². The Hall–Kier alpha value is -2.83. The van der Waals surface area contributed by atoms with Crippen molar-refractivity contribution in [2.75, 3.05) is 33.3 Å². The highest BCUT2D eigenvalue weighted by Crippen LogP contribution is 2.26. The van der Waals surface area contributed by atoms with Crippen molar-refractivity contribution < 1.29 is 14.3 Å². The molecule has 1 aliphatic rings. The first-order chi connectivity index (χ1) is 14.1. The number of rotatable bonds is 4. The van der Waals surface area contributed by atoms with Gasteiger partial charge in [-0.25, -0.2) is 4.79 Å². The first kappa shape index (κ1) is 19.5. The summed E-state index contributed by atoms with van der Waals surface area (Å²) >= 11 is 5.98. The lowest BCUT2D eigenvalue weighted by Gasteiger charge is -2.38. The molecular weight excluding hydrogens is 390 g/mol. The maximum atomic E-state index is 12.9. The van der Waals surface area contributed by atoms with Crippen molar-refractivity contribution in [1.29, 1.82) is 0 Å². The van der Waals surface area contributed by atoms with Crippen molar-refractivity contribution in [3.8, 4) is 0 Å². The summed E-state index contributed by atoms with van der Waals surface area (Å²) in [4.78, 5) is 32.4. The normalized spacial score (nSPS) is 16.0. The number of benzene rings is 2. The number of H-pyrrole nitrogens is 1. The maximum absolute atomic E-state index is 12.9. The van der Waals surface area contributed by atoms with Crippen LogP contribution in [0.25, 0.3) is 10.9 Å². The van der Waals surface area contributed by atoms with Crippen molar-refractivity contribution in [2.45, 2.75) is 6.04 Å². The van der Waals surface area contributed by atoms with Crippen LogP contribution in [0.5, 0.6) is 0 Å². The highest BCUT2D eigenvalue weighted by molar-refractivity contribution is 6.30. The predicted octanol–water partition coefficient (Wildman–Crippen LogP) is 3.49. The minimum absolute atomic E-state index is 0.0260. The van der Waals surface area contributed by atoms with Crippen LogP contribution in [-0.2, 0) is 9.53 Å². The number of aromatic nitrogens is 1. The molecule has 2 heterocycles. The van der Waals surface area contributed by atoms with Crippen LogP contribution < -0.4 is 0 Å². The summed E-state index contributed by atoms with van der Waals surface area (Å²) in [6.45, 7) is 2.23. The summed E-state index contributed by atoms with van der Waals surface area (Å²) in [5.41, 5.74) is 2.36. The molecule has 1 amide bonds. The molecule has 6 nitrogen and oxygen atoms in total. The number of aromatic amines is 1. The molecule has 1 N–H and O–H groups in total. The van der Waals surface area contributed by atoms with E-state index in [9.17, 15) is 9.59 Å². The molecule has 2 aromatic carbocycles. The maximum Gasteiger partial charge on any atom is 0.327 e. The largest absolute Gasteiger partial charge is 0.468 e. The number of methoxy groups -OCH3 is 1. The fourth-order valence-electron chi connectivity index (χ4n) is 3.79. The number of hydrogen-bond donors (Lipinski definition) is 1. The highest BCUT2D eigenvalue weighted by Gasteiger charge is 2.32. The van der Waals surface area contributed by atoms with Gasteiger partial charge in [-0.1, -0.05) is 41.9 Å². The average Bonchev–Trinajstić information content (AvgIpc) is 3.19. The number of ether oxygens (including phenoxy) is 1. The first-order valence-electron chi connectivity index (χ1n) is 9.51. The topological polar surface area (TPSA) is 65.6 Å². The number of halogens is 1. The zero-order valence-corrected chi connectivity index (χ0v) is 16.9. The molecule has 150 valence electrons. The standard InChI is InChI=1S/C22H22ClN3O3/c1-29-22(28)20(15-6-8-17(23)9-7-15)25-10-12-26(13-11-25)21(27)19-14-16-4-2-3-5-18(16)24-19/h2-9,14,20,24H,10-13H2,1H3. The van der Waals surface area contributed by atoms with Crippen LogP contribution in [0.4, 0.5) is 0 Å². The zero-order valence-electron chi connectivity index (χ0n) is 16.1. The van der Waals surface area contributed by atoms with Gasteiger partial charge in [0.15, 0.2) is 0 Å². The monoisotopic (exact) mass is 411 g/mol. The summed E-state index contributed by atoms with van der Waals surface area (Å²) < 4.78 is 5.03. The van der Waals surface area contributed by atoms with Gasteiger partial charge in [0.05, 0.1) is 7.11 Å². The molecule has 29 heavy (non-hydrogen) atoms. The fraction of sp³-hybridized carbons (Fsp3) is 0.273. The van der Waals surface area contributed by atoms with Crippen LogP contribution in [0, 0.1) is 0 Å². The number of carbonyl (C=O) groups excluding carboxylic acids is 2. The van der Waals surface area contributed by atoms with E-state index in [1.165, 1.54) is 7.11 Å². The molecule has 0 radical (unpaired) electrons. The Morgan fingerprint density at radius 3 is 2.38 bits per heavy atom. The number of amides is 1. The number of nitrogens with one attached hydrogen (secondary N) is 1. The molecule has 1 aliphatic heterocycles. The zero-order chi connectivity index (χ0) is 20.4. The second-order valence-electron chi connectivity index (χ2n) is 7.08. The van der Waals surface area contributed by atoms with Crippen LogP contribution in [0.1, 0.15) is 22.1 Å². The number of carbonyl (C=O) groups is 2.